The molecule has 0 bridgehead atoms. The molecule has 0 saturated heterocycles. The van der Waals surface area contributed by atoms with Crippen molar-refractivity contribution in [1.82, 2.24) is 0 Å². The van der Waals surface area contributed by atoms with Gasteiger partial charge in [0.1, 0.15) is 12.4 Å². The Balaban J connectivity index is 2.63. The van der Waals surface area contributed by atoms with E-state index in [0.717, 1.165) is 12.0 Å². The predicted molar refractivity (Wildman–Crippen MR) is 93.7 cm³/mol. The lowest BCUT2D eigenvalue weighted by atomic mass is 9.91. The van der Waals surface area contributed by atoms with E-state index in [4.69, 9.17) is 4.74 Å². The highest BCUT2D eigenvalue weighted by molar-refractivity contribution is 7.91. The van der Waals surface area contributed by atoms with Crippen molar-refractivity contribution in [3.63, 3.8) is 0 Å². The van der Waals surface area contributed by atoms with Gasteiger partial charge in [-0.1, -0.05) is 39.8 Å². The number of rotatable bonds is 9. The Kier molecular flexibility index (Phi) is 7.64. The third kappa shape index (κ3) is 8.62. The normalized spacial score (nSPS) is 14.0. The van der Waals surface area contributed by atoms with Crippen LogP contribution in [0.1, 0.15) is 52.0 Å². The number of halogens is 2. The average Bonchev–Trinajstić information content (AvgIpc) is 2.43. The van der Waals surface area contributed by atoms with E-state index in [9.17, 15) is 17.2 Å². The summed E-state index contributed by atoms with van der Waals surface area (Å²) in [6.45, 7) is 7.43. The fourth-order valence-electron chi connectivity index (χ4n) is 2.45. The van der Waals surface area contributed by atoms with E-state index in [1.54, 1.807) is 24.3 Å². The zero-order chi connectivity index (χ0) is 18.4. The van der Waals surface area contributed by atoms with Crippen molar-refractivity contribution in [3.8, 4) is 5.75 Å². The Hall–Kier alpha value is -1.17. The molecule has 0 N–H and O–H groups in total. The second-order valence-electron chi connectivity index (χ2n) is 7.45. The summed E-state index contributed by atoms with van der Waals surface area (Å²) in [4.78, 5) is 0. The van der Waals surface area contributed by atoms with Gasteiger partial charge in [0.15, 0.2) is 9.84 Å². The molecule has 0 aliphatic carbocycles. The minimum absolute atomic E-state index is 0.0510. The molecule has 0 aliphatic rings. The zero-order valence-electron chi connectivity index (χ0n) is 14.9. The van der Waals surface area contributed by atoms with Crippen LogP contribution in [0.25, 0.3) is 0 Å². The van der Waals surface area contributed by atoms with Crippen LogP contribution < -0.4 is 4.74 Å². The van der Waals surface area contributed by atoms with Gasteiger partial charge in [0.2, 0.25) is 0 Å². The van der Waals surface area contributed by atoms with Gasteiger partial charge in [-0.2, -0.15) is 0 Å². The average molecular weight is 362 g/mol. The first-order valence-electron chi connectivity index (χ1n) is 8.20. The lowest BCUT2D eigenvalue weighted by molar-refractivity contribution is 0.0818. The molecule has 3 nitrogen and oxygen atoms in total. The van der Waals surface area contributed by atoms with E-state index >= 15 is 0 Å². The number of hydrogen-bond acceptors (Lipinski definition) is 3. The Morgan fingerprint density at radius 2 is 1.88 bits per heavy atom. The number of benzene rings is 1. The summed E-state index contributed by atoms with van der Waals surface area (Å²) in [6.07, 6.45) is -1.03. The maximum atomic E-state index is 12.3. The molecule has 0 saturated carbocycles. The van der Waals surface area contributed by atoms with Crippen LogP contribution in [0, 0.1) is 5.41 Å². The second kappa shape index (κ2) is 8.79. The summed E-state index contributed by atoms with van der Waals surface area (Å²) in [5.74, 6) is 0.357. The molecule has 0 spiro atoms. The Morgan fingerprint density at radius 1 is 1.21 bits per heavy atom. The molecule has 1 rings (SSSR count). The standard InChI is InChI=1S/C18H28F2O3S/c1-14(13-24(21,22)10-6-9-18(2,3)4)15-7-5-8-16(11-15)23-12-17(19)20/h5,7-8,11,14,17H,6,9-10,12-13H2,1-4H3/t14-/m0/s1. The molecule has 6 heteroatoms. The number of ether oxygens (including phenoxy) is 1. The largest absolute Gasteiger partial charge is 0.488 e. The SMILES string of the molecule is C[C@@H](CS(=O)(=O)CCCC(C)(C)C)c1cccc(OCC(F)F)c1. The highest BCUT2D eigenvalue weighted by Crippen LogP contribution is 2.24. The van der Waals surface area contributed by atoms with Crippen molar-refractivity contribution in [2.75, 3.05) is 18.1 Å². The molecule has 0 heterocycles. The van der Waals surface area contributed by atoms with Gasteiger partial charge in [0.25, 0.3) is 6.43 Å². The third-order valence-electron chi connectivity index (χ3n) is 3.69. The molecular weight excluding hydrogens is 334 g/mol. The van der Waals surface area contributed by atoms with Crippen molar-refractivity contribution in [1.29, 1.82) is 0 Å². The first-order chi connectivity index (χ1) is 11.0. The molecular formula is C18H28F2O3S. The van der Waals surface area contributed by atoms with E-state index in [0.29, 0.717) is 12.2 Å². The fraction of sp³-hybridized carbons (Fsp3) is 0.667. The maximum Gasteiger partial charge on any atom is 0.272 e. The number of hydrogen-bond donors (Lipinski definition) is 0. The monoisotopic (exact) mass is 362 g/mol. The van der Waals surface area contributed by atoms with Crippen molar-refractivity contribution in [2.45, 2.75) is 52.9 Å². The van der Waals surface area contributed by atoms with Gasteiger partial charge >= 0.3 is 0 Å². The quantitative estimate of drug-likeness (QED) is 0.641. The summed E-state index contributed by atoms with van der Waals surface area (Å²) in [6, 6.07) is 6.72. The van der Waals surface area contributed by atoms with Crippen LogP contribution in [0.3, 0.4) is 0 Å². The number of sulfone groups is 1. The highest BCUT2D eigenvalue weighted by Gasteiger charge is 2.19. The smallest absolute Gasteiger partial charge is 0.272 e. The van der Waals surface area contributed by atoms with Crippen LogP contribution in [0.4, 0.5) is 8.78 Å². The van der Waals surface area contributed by atoms with Crippen molar-refractivity contribution >= 4 is 9.84 Å². The maximum absolute atomic E-state index is 12.3. The summed E-state index contributed by atoms with van der Waals surface area (Å²) >= 11 is 0. The summed E-state index contributed by atoms with van der Waals surface area (Å²) < 4.78 is 53.9. The molecule has 0 radical (unpaired) electrons. The predicted octanol–water partition coefficient (Wildman–Crippen LogP) is 4.68. The molecule has 138 valence electrons. The van der Waals surface area contributed by atoms with Crippen molar-refractivity contribution in [3.05, 3.63) is 29.8 Å². The molecule has 0 aromatic heterocycles. The molecule has 0 unspecified atom stereocenters. The molecule has 1 atom stereocenters. The molecule has 1 aromatic carbocycles. The molecule has 1 aromatic rings. The van der Waals surface area contributed by atoms with Crippen LogP contribution in [-0.4, -0.2) is 33.0 Å². The van der Waals surface area contributed by atoms with Gasteiger partial charge in [0.05, 0.1) is 11.5 Å². The van der Waals surface area contributed by atoms with Gasteiger partial charge in [-0.25, -0.2) is 17.2 Å². The summed E-state index contributed by atoms with van der Waals surface area (Å²) in [5, 5.41) is 0. The Morgan fingerprint density at radius 3 is 2.46 bits per heavy atom. The van der Waals surface area contributed by atoms with Gasteiger partial charge in [-0.3, -0.25) is 0 Å². The van der Waals surface area contributed by atoms with E-state index in [2.05, 4.69) is 20.8 Å². The van der Waals surface area contributed by atoms with Crippen LogP contribution in [0.5, 0.6) is 5.75 Å². The second-order valence-corrected chi connectivity index (χ2v) is 9.68. The third-order valence-corrected chi connectivity index (χ3v) is 5.61. The van der Waals surface area contributed by atoms with E-state index in [1.165, 1.54) is 0 Å². The van der Waals surface area contributed by atoms with Gasteiger partial charge in [-0.05, 0) is 41.9 Å². The van der Waals surface area contributed by atoms with Crippen molar-refractivity contribution < 1.29 is 21.9 Å². The summed E-state index contributed by atoms with van der Waals surface area (Å²) in [5.41, 5.74) is 0.901. The Bertz CT molecular complexity index is 607. The van der Waals surface area contributed by atoms with Crippen LogP contribution >= 0.6 is 0 Å². The Labute approximate surface area is 144 Å². The molecule has 0 fully saturated rings. The van der Waals surface area contributed by atoms with Gasteiger partial charge in [-0.15, -0.1) is 0 Å². The molecule has 0 amide bonds. The lowest BCUT2D eigenvalue weighted by Crippen LogP contribution is -2.18. The van der Waals surface area contributed by atoms with Crippen LogP contribution in [-0.2, 0) is 9.84 Å². The lowest BCUT2D eigenvalue weighted by Gasteiger charge is -2.18. The first kappa shape index (κ1) is 20.9. The summed E-state index contributed by atoms with van der Waals surface area (Å²) in [7, 11) is -3.15. The van der Waals surface area contributed by atoms with E-state index in [1.807, 2.05) is 6.92 Å². The van der Waals surface area contributed by atoms with Crippen LogP contribution in [0.2, 0.25) is 0 Å². The fourth-order valence-corrected chi connectivity index (χ4v) is 4.16. The van der Waals surface area contributed by atoms with Crippen molar-refractivity contribution in [2.24, 2.45) is 5.41 Å². The number of alkyl halides is 2. The van der Waals surface area contributed by atoms with E-state index in [-0.39, 0.29) is 22.8 Å². The topological polar surface area (TPSA) is 43.4 Å². The van der Waals surface area contributed by atoms with Crippen LogP contribution in [0.15, 0.2) is 24.3 Å². The van der Waals surface area contributed by atoms with Gasteiger partial charge < -0.3 is 4.74 Å². The van der Waals surface area contributed by atoms with E-state index < -0.39 is 22.9 Å². The zero-order valence-corrected chi connectivity index (χ0v) is 15.7. The first-order valence-corrected chi connectivity index (χ1v) is 10.0. The molecule has 24 heavy (non-hydrogen) atoms. The van der Waals surface area contributed by atoms with Gasteiger partial charge in [0, 0.05) is 0 Å². The highest BCUT2D eigenvalue weighted by atomic mass is 32.2. The minimum atomic E-state index is -3.15. The minimum Gasteiger partial charge on any atom is -0.488 e. The molecule has 0 aliphatic heterocycles.